The van der Waals surface area contributed by atoms with E-state index >= 15 is 0 Å². The first-order chi connectivity index (χ1) is 15.8. The first kappa shape index (κ1) is 23.9. The summed E-state index contributed by atoms with van der Waals surface area (Å²) in [6.45, 7) is 7.98. The molecule has 0 aromatic heterocycles. The molecule has 1 N–H and O–H groups in total. The molecule has 2 aliphatic carbocycles. The van der Waals surface area contributed by atoms with Gasteiger partial charge in [-0.1, -0.05) is 33.8 Å². The molecule has 178 valence electrons. The number of fused-ring (bicyclic) bond motifs is 2. The zero-order valence-electron chi connectivity index (χ0n) is 19.5. The van der Waals surface area contributed by atoms with E-state index in [-0.39, 0.29) is 28.6 Å². The minimum atomic E-state index is -4.64. The highest BCUT2D eigenvalue weighted by atomic mass is 19.4. The molecule has 2 atom stereocenters. The number of aryl methyl sites for hydroxylation is 1. The lowest BCUT2D eigenvalue weighted by atomic mass is 9.58. The van der Waals surface area contributed by atoms with Crippen molar-refractivity contribution in [1.29, 1.82) is 5.26 Å². The zero-order valence-corrected chi connectivity index (χ0v) is 19.5. The Morgan fingerprint density at radius 2 is 1.79 bits per heavy atom. The van der Waals surface area contributed by atoms with Gasteiger partial charge in [0.2, 0.25) is 0 Å². The summed E-state index contributed by atoms with van der Waals surface area (Å²) in [5.74, 6) is 0.160. The van der Waals surface area contributed by atoms with Gasteiger partial charge in [-0.15, -0.1) is 0 Å². The van der Waals surface area contributed by atoms with Gasteiger partial charge in [-0.3, -0.25) is 4.79 Å². The number of ketones is 1. The summed E-state index contributed by atoms with van der Waals surface area (Å²) in [5.41, 5.74) is -0.733. The molecule has 34 heavy (non-hydrogen) atoms. The number of Topliss-reactive ketones (excluding diaryl/α,β-unsaturated/α-hetero) is 1. The van der Waals surface area contributed by atoms with Gasteiger partial charge in [-0.05, 0) is 66.1 Å². The van der Waals surface area contributed by atoms with E-state index in [4.69, 9.17) is 10.00 Å². The lowest BCUT2D eigenvalue weighted by Crippen LogP contribution is -2.43. The Kier molecular flexibility index (Phi) is 5.55. The van der Waals surface area contributed by atoms with E-state index in [2.05, 4.69) is 0 Å². The Morgan fingerprint density at radius 3 is 2.41 bits per heavy atom. The largest absolute Gasteiger partial charge is 0.511 e. The number of carbonyl (C=O) groups is 1. The number of alkyl halides is 3. The maximum absolute atomic E-state index is 13.5. The van der Waals surface area contributed by atoms with Crippen molar-refractivity contribution in [2.24, 2.45) is 16.7 Å². The van der Waals surface area contributed by atoms with Crippen molar-refractivity contribution >= 4 is 11.4 Å². The standard InChI is InChI=1S/C27H26F3NO3/c1-5-15-6-7-18(34-17-8-9-20(27(28,29)30)16(12-17)14-31)13-19(15)22-23(32)21-10-11-26(4,24(22)33)25(21,2)3/h6-9,12-13,21,33H,5,10-11H2,1-4H3/t21-,26+/m0/s1. The maximum atomic E-state index is 13.5. The second kappa shape index (κ2) is 7.90. The van der Waals surface area contributed by atoms with Crippen molar-refractivity contribution in [3.63, 3.8) is 0 Å². The van der Waals surface area contributed by atoms with E-state index in [1.807, 2.05) is 27.7 Å². The van der Waals surface area contributed by atoms with Crippen molar-refractivity contribution in [2.75, 3.05) is 0 Å². The van der Waals surface area contributed by atoms with Crippen LogP contribution in [0.4, 0.5) is 13.2 Å². The monoisotopic (exact) mass is 469 g/mol. The Balaban J connectivity index is 1.78. The summed E-state index contributed by atoms with van der Waals surface area (Å²) in [6.07, 6.45) is -2.61. The summed E-state index contributed by atoms with van der Waals surface area (Å²) in [6, 6.07) is 9.68. The predicted octanol–water partition coefficient (Wildman–Crippen LogP) is 7.23. The van der Waals surface area contributed by atoms with E-state index in [1.54, 1.807) is 24.3 Å². The molecule has 2 bridgehead atoms. The molecule has 0 saturated heterocycles. The lowest BCUT2D eigenvalue weighted by molar-refractivity contribution is -0.137. The van der Waals surface area contributed by atoms with Crippen LogP contribution in [0.1, 0.15) is 62.8 Å². The minimum absolute atomic E-state index is 0.0704. The smallest absolute Gasteiger partial charge is 0.417 e. The third kappa shape index (κ3) is 3.48. The van der Waals surface area contributed by atoms with E-state index in [9.17, 15) is 23.1 Å². The van der Waals surface area contributed by atoms with Crippen LogP contribution in [-0.2, 0) is 17.4 Å². The fourth-order valence-corrected chi connectivity index (χ4v) is 5.43. The van der Waals surface area contributed by atoms with Gasteiger partial charge in [0, 0.05) is 11.3 Å². The van der Waals surface area contributed by atoms with Crippen LogP contribution >= 0.6 is 0 Å². The van der Waals surface area contributed by atoms with E-state index < -0.39 is 22.7 Å². The van der Waals surface area contributed by atoms with Crippen molar-refractivity contribution in [1.82, 2.24) is 0 Å². The molecule has 1 saturated carbocycles. The normalized spacial score (nSPS) is 23.7. The summed E-state index contributed by atoms with van der Waals surface area (Å²) >= 11 is 0. The van der Waals surface area contributed by atoms with E-state index in [1.165, 1.54) is 0 Å². The molecule has 2 aliphatic rings. The minimum Gasteiger partial charge on any atom is -0.511 e. The molecule has 7 heteroatoms. The maximum Gasteiger partial charge on any atom is 0.417 e. The number of aliphatic hydroxyl groups excluding tert-OH is 1. The average molecular weight is 470 g/mol. The molecule has 0 unspecified atom stereocenters. The highest BCUT2D eigenvalue weighted by molar-refractivity contribution is 6.24. The molecule has 0 heterocycles. The van der Waals surface area contributed by atoms with Crippen LogP contribution in [0.25, 0.3) is 5.57 Å². The van der Waals surface area contributed by atoms with Gasteiger partial charge in [0.05, 0.1) is 22.8 Å². The molecule has 2 aromatic carbocycles. The van der Waals surface area contributed by atoms with Crippen LogP contribution in [0.3, 0.4) is 0 Å². The summed E-state index contributed by atoms with van der Waals surface area (Å²) in [4.78, 5) is 13.5. The number of benzene rings is 2. The zero-order chi connectivity index (χ0) is 25.1. The Bertz CT molecular complexity index is 1250. The number of nitriles is 1. The summed E-state index contributed by atoms with van der Waals surface area (Å²) in [5, 5.41) is 20.5. The fourth-order valence-electron chi connectivity index (χ4n) is 5.43. The van der Waals surface area contributed by atoms with Gasteiger partial charge in [-0.2, -0.15) is 18.4 Å². The number of aliphatic hydroxyl groups is 1. The average Bonchev–Trinajstić information content (AvgIpc) is 2.96. The van der Waals surface area contributed by atoms with Crippen molar-refractivity contribution < 1.29 is 27.8 Å². The van der Waals surface area contributed by atoms with Crippen LogP contribution < -0.4 is 4.74 Å². The quantitative estimate of drug-likeness (QED) is 0.513. The number of carbonyl (C=O) groups excluding carboxylic acids is 1. The first-order valence-corrected chi connectivity index (χ1v) is 11.3. The van der Waals surface area contributed by atoms with Crippen LogP contribution in [0.5, 0.6) is 11.5 Å². The van der Waals surface area contributed by atoms with E-state index in [0.29, 0.717) is 36.1 Å². The Hall–Kier alpha value is -3.27. The number of hydrogen-bond acceptors (Lipinski definition) is 4. The summed E-state index contributed by atoms with van der Waals surface area (Å²) < 4.78 is 45.1. The van der Waals surface area contributed by atoms with Crippen molar-refractivity contribution in [3.8, 4) is 17.6 Å². The number of allylic oxidation sites excluding steroid dienone is 2. The first-order valence-electron chi connectivity index (χ1n) is 11.3. The molecule has 0 amide bonds. The molecule has 0 spiro atoms. The number of nitrogens with zero attached hydrogens (tertiary/aromatic N) is 1. The molecule has 4 nitrogen and oxygen atoms in total. The van der Waals surface area contributed by atoms with Gasteiger partial charge in [0.1, 0.15) is 17.3 Å². The molecular weight excluding hydrogens is 443 g/mol. The molecule has 4 rings (SSSR count). The van der Waals surface area contributed by atoms with E-state index in [0.717, 1.165) is 23.8 Å². The topological polar surface area (TPSA) is 70.3 Å². The molecule has 1 fully saturated rings. The van der Waals surface area contributed by atoms with Crippen molar-refractivity contribution in [2.45, 2.75) is 53.1 Å². The highest BCUT2D eigenvalue weighted by Crippen LogP contribution is 2.64. The second-order valence-corrected chi connectivity index (χ2v) is 9.82. The molecule has 0 aliphatic heterocycles. The number of halogens is 3. The van der Waals surface area contributed by atoms with Gasteiger partial charge >= 0.3 is 6.18 Å². The van der Waals surface area contributed by atoms with Crippen molar-refractivity contribution in [3.05, 3.63) is 64.4 Å². The Morgan fingerprint density at radius 1 is 1.15 bits per heavy atom. The third-order valence-corrected chi connectivity index (χ3v) is 7.93. The summed E-state index contributed by atoms with van der Waals surface area (Å²) in [7, 11) is 0. The Labute approximate surface area is 196 Å². The van der Waals surface area contributed by atoms with Crippen LogP contribution in [-0.4, -0.2) is 10.9 Å². The van der Waals surface area contributed by atoms with Gasteiger partial charge in [-0.25, -0.2) is 0 Å². The lowest BCUT2D eigenvalue weighted by Gasteiger charge is -2.45. The fraction of sp³-hybridized carbons (Fsp3) is 0.407. The van der Waals surface area contributed by atoms with Gasteiger partial charge < -0.3 is 9.84 Å². The van der Waals surface area contributed by atoms with Crippen LogP contribution in [0.15, 0.2) is 42.2 Å². The number of rotatable bonds is 4. The van der Waals surface area contributed by atoms with Gasteiger partial charge in [0.25, 0.3) is 0 Å². The second-order valence-electron chi connectivity index (χ2n) is 9.82. The number of ether oxygens (including phenoxy) is 1. The number of hydrogen-bond donors (Lipinski definition) is 1. The van der Waals surface area contributed by atoms with Crippen LogP contribution in [0, 0.1) is 28.1 Å². The molecular formula is C27H26F3NO3. The van der Waals surface area contributed by atoms with Crippen LogP contribution in [0.2, 0.25) is 0 Å². The van der Waals surface area contributed by atoms with Gasteiger partial charge in [0.15, 0.2) is 5.78 Å². The highest BCUT2D eigenvalue weighted by Gasteiger charge is 2.61. The predicted molar refractivity (Wildman–Crippen MR) is 121 cm³/mol. The SMILES string of the molecule is CCc1ccc(Oc2ccc(C(F)(F)F)c(C#N)c2)cc1C1=C(O)[C@@]2(C)CC[C@@H](C1=O)C2(C)C. The third-order valence-electron chi connectivity index (χ3n) is 7.93. The molecule has 2 aromatic rings. The molecule has 0 radical (unpaired) electrons.